The minimum atomic E-state index is -3.78. The van der Waals surface area contributed by atoms with Gasteiger partial charge in [0.2, 0.25) is 0 Å². The highest BCUT2D eigenvalue weighted by Crippen LogP contribution is 2.18. The lowest BCUT2D eigenvalue weighted by Gasteiger charge is -2.08. The maximum atomic E-state index is 12.2. The summed E-state index contributed by atoms with van der Waals surface area (Å²) in [5.74, 6) is -1.09. The third kappa shape index (κ3) is 3.60. The number of hydrogen-bond donors (Lipinski definition) is 2. The molecule has 0 amide bonds. The fraction of sp³-hybridized carbons (Fsp3) is 0.231. The number of nitrogens with zero attached hydrogens (tertiary/aromatic N) is 2. The zero-order chi connectivity index (χ0) is 15.6. The second-order valence-corrected chi connectivity index (χ2v) is 6.35. The van der Waals surface area contributed by atoms with E-state index in [4.69, 9.17) is 5.11 Å². The van der Waals surface area contributed by atoms with Crippen molar-refractivity contribution < 1.29 is 18.3 Å². The molecule has 7 nitrogen and oxygen atoms in total. The van der Waals surface area contributed by atoms with Crippen LogP contribution in [0.2, 0.25) is 0 Å². The SMILES string of the molecule is Cc1ccc(NS(=O)(=O)c2cnn(CC(=O)O)c2)cc1C. The van der Waals surface area contributed by atoms with Gasteiger partial charge in [0.15, 0.2) is 0 Å². The van der Waals surface area contributed by atoms with E-state index in [0.29, 0.717) is 5.69 Å². The van der Waals surface area contributed by atoms with Crippen LogP contribution in [-0.4, -0.2) is 29.3 Å². The minimum absolute atomic E-state index is 0.0815. The number of carbonyl (C=O) groups is 1. The van der Waals surface area contributed by atoms with Crippen molar-refractivity contribution in [3.63, 3.8) is 0 Å². The fourth-order valence-electron chi connectivity index (χ4n) is 1.73. The van der Waals surface area contributed by atoms with Gasteiger partial charge in [-0.25, -0.2) is 8.42 Å². The van der Waals surface area contributed by atoms with Gasteiger partial charge in [0.05, 0.1) is 6.20 Å². The molecule has 8 heteroatoms. The molecule has 0 bridgehead atoms. The first-order valence-electron chi connectivity index (χ1n) is 6.12. The van der Waals surface area contributed by atoms with Gasteiger partial charge in [-0.3, -0.25) is 14.2 Å². The van der Waals surface area contributed by atoms with Gasteiger partial charge in [-0.15, -0.1) is 0 Å². The smallest absolute Gasteiger partial charge is 0.325 e. The van der Waals surface area contributed by atoms with Gasteiger partial charge in [0.25, 0.3) is 10.0 Å². The fourth-order valence-corrected chi connectivity index (χ4v) is 2.73. The Hall–Kier alpha value is -2.35. The number of sulfonamides is 1. The van der Waals surface area contributed by atoms with Crippen LogP contribution in [0.4, 0.5) is 5.69 Å². The summed E-state index contributed by atoms with van der Waals surface area (Å²) >= 11 is 0. The normalized spacial score (nSPS) is 11.3. The minimum Gasteiger partial charge on any atom is -0.480 e. The molecule has 1 aromatic heterocycles. The number of aryl methyl sites for hydroxylation is 2. The number of hydrogen-bond acceptors (Lipinski definition) is 4. The van der Waals surface area contributed by atoms with Crippen molar-refractivity contribution in [2.75, 3.05) is 4.72 Å². The van der Waals surface area contributed by atoms with Crippen LogP contribution in [0.3, 0.4) is 0 Å². The average Bonchev–Trinajstić information content (AvgIpc) is 2.82. The van der Waals surface area contributed by atoms with Crippen LogP contribution in [-0.2, 0) is 21.4 Å². The van der Waals surface area contributed by atoms with E-state index in [0.717, 1.165) is 22.0 Å². The highest BCUT2D eigenvalue weighted by molar-refractivity contribution is 7.92. The number of benzene rings is 1. The van der Waals surface area contributed by atoms with Gasteiger partial charge in [-0.2, -0.15) is 5.10 Å². The first-order chi connectivity index (χ1) is 9.78. The Morgan fingerprint density at radius 1 is 1.33 bits per heavy atom. The van der Waals surface area contributed by atoms with Crippen molar-refractivity contribution in [2.24, 2.45) is 0 Å². The molecule has 0 unspecified atom stereocenters. The third-order valence-electron chi connectivity index (χ3n) is 2.98. The summed E-state index contributed by atoms with van der Waals surface area (Å²) in [6, 6.07) is 5.22. The van der Waals surface area contributed by atoms with Crippen LogP contribution in [0.15, 0.2) is 35.5 Å². The molecule has 0 aliphatic rings. The molecule has 1 heterocycles. The standard InChI is InChI=1S/C13H15N3O4S/c1-9-3-4-11(5-10(9)2)15-21(19,20)12-6-14-16(7-12)8-13(17)18/h3-7,15H,8H2,1-2H3,(H,17,18). The van der Waals surface area contributed by atoms with Gasteiger partial charge < -0.3 is 5.11 Å². The van der Waals surface area contributed by atoms with Crippen LogP contribution in [0.25, 0.3) is 0 Å². The topological polar surface area (TPSA) is 101 Å². The lowest BCUT2D eigenvalue weighted by atomic mass is 10.1. The lowest BCUT2D eigenvalue weighted by molar-refractivity contribution is -0.137. The van der Waals surface area contributed by atoms with E-state index in [2.05, 4.69) is 9.82 Å². The van der Waals surface area contributed by atoms with Crippen LogP contribution in [0.1, 0.15) is 11.1 Å². The van der Waals surface area contributed by atoms with Crippen molar-refractivity contribution in [2.45, 2.75) is 25.3 Å². The molecule has 0 aliphatic carbocycles. The average molecular weight is 309 g/mol. The zero-order valence-corrected chi connectivity index (χ0v) is 12.4. The van der Waals surface area contributed by atoms with Gasteiger partial charge >= 0.3 is 5.97 Å². The molecule has 2 rings (SSSR count). The molecular weight excluding hydrogens is 294 g/mol. The van der Waals surface area contributed by atoms with Gasteiger partial charge in [-0.05, 0) is 37.1 Å². The quantitative estimate of drug-likeness (QED) is 0.869. The Morgan fingerprint density at radius 3 is 2.67 bits per heavy atom. The van der Waals surface area contributed by atoms with E-state index in [9.17, 15) is 13.2 Å². The predicted octanol–water partition coefficient (Wildman–Crippen LogP) is 1.39. The van der Waals surface area contributed by atoms with E-state index in [-0.39, 0.29) is 11.4 Å². The van der Waals surface area contributed by atoms with E-state index in [1.165, 1.54) is 6.20 Å². The summed E-state index contributed by atoms with van der Waals surface area (Å²) in [6.07, 6.45) is 2.30. The van der Waals surface area contributed by atoms with Crippen LogP contribution >= 0.6 is 0 Å². The van der Waals surface area contributed by atoms with Gasteiger partial charge in [-0.1, -0.05) is 6.07 Å². The van der Waals surface area contributed by atoms with E-state index in [1.807, 2.05) is 19.9 Å². The van der Waals surface area contributed by atoms with Crippen molar-refractivity contribution in [1.29, 1.82) is 0 Å². The summed E-state index contributed by atoms with van der Waals surface area (Å²) in [5, 5.41) is 12.4. The molecule has 0 fully saturated rings. The second-order valence-electron chi connectivity index (χ2n) is 4.67. The number of carboxylic acids is 1. The summed E-state index contributed by atoms with van der Waals surface area (Å²) < 4.78 is 27.9. The molecule has 21 heavy (non-hydrogen) atoms. The Morgan fingerprint density at radius 2 is 2.05 bits per heavy atom. The van der Waals surface area contributed by atoms with Crippen molar-refractivity contribution in [3.8, 4) is 0 Å². The second kappa shape index (κ2) is 5.57. The molecule has 0 aliphatic heterocycles. The molecule has 112 valence electrons. The number of aliphatic carboxylic acids is 1. The van der Waals surface area contributed by atoms with Crippen LogP contribution in [0.5, 0.6) is 0 Å². The van der Waals surface area contributed by atoms with Crippen molar-refractivity contribution in [1.82, 2.24) is 9.78 Å². The summed E-state index contributed by atoms with van der Waals surface area (Å²) in [4.78, 5) is 10.5. The first kappa shape index (κ1) is 15.0. The highest BCUT2D eigenvalue weighted by atomic mass is 32.2. The summed E-state index contributed by atoms with van der Waals surface area (Å²) in [6.45, 7) is 3.43. The third-order valence-corrected chi connectivity index (χ3v) is 4.31. The molecule has 2 aromatic rings. The van der Waals surface area contributed by atoms with E-state index < -0.39 is 16.0 Å². The molecule has 0 radical (unpaired) electrons. The van der Waals surface area contributed by atoms with Crippen molar-refractivity contribution in [3.05, 3.63) is 41.7 Å². The number of anilines is 1. The Balaban J connectivity index is 2.23. The van der Waals surface area contributed by atoms with E-state index >= 15 is 0 Å². The largest absolute Gasteiger partial charge is 0.480 e. The van der Waals surface area contributed by atoms with Crippen LogP contribution in [0, 0.1) is 13.8 Å². The number of nitrogens with one attached hydrogen (secondary N) is 1. The molecule has 1 aromatic carbocycles. The predicted molar refractivity (Wildman–Crippen MR) is 76.6 cm³/mol. The Labute approximate surface area is 122 Å². The molecule has 0 atom stereocenters. The molecule has 0 spiro atoms. The maximum absolute atomic E-state index is 12.2. The monoisotopic (exact) mass is 309 g/mol. The highest BCUT2D eigenvalue weighted by Gasteiger charge is 2.17. The Bertz CT molecular complexity index is 780. The number of carboxylic acid groups (broad SMARTS) is 1. The first-order valence-corrected chi connectivity index (χ1v) is 7.60. The number of rotatable bonds is 5. The van der Waals surface area contributed by atoms with Gasteiger partial charge in [0.1, 0.15) is 11.4 Å². The van der Waals surface area contributed by atoms with E-state index in [1.54, 1.807) is 12.1 Å². The maximum Gasteiger partial charge on any atom is 0.325 e. The summed E-state index contributed by atoms with van der Waals surface area (Å²) in [7, 11) is -3.78. The molecule has 0 saturated heterocycles. The Kier molecular flexibility index (Phi) is 3.99. The molecule has 0 saturated carbocycles. The van der Waals surface area contributed by atoms with Crippen LogP contribution < -0.4 is 4.72 Å². The van der Waals surface area contributed by atoms with Gasteiger partial charge in [0, 0.05) is 11.9 Å². The summed E-state index contributed by atoms with van der Waals surface area (Å²) in [5.41, 5.74) is 2.48. The molecular formula is C13H15N3O4S. The zero-order valence-electron chi connectivity index (χ0n) is 11.6. The van der Waals surface area contributed by atoms with Crippen molar-refractivity contribution >= 4 is 21.7 Å². The number of aromatic nitrogens is 2. The lowest BCUT2D eigenvalue weighted by Crippen LogP contribution is -2.13. The molecule has 2 N–H and O–H groups in total.